The summed E-state index contributed by atoms with van der Waals surface area (Å²) in [6, 6.07) is 9.52. The number of nitriles is 1. The molecule has 0 aliphatic carbocycles. The molecule has 0 aliphatic rings. The molecule has 0 fully saturated rings. The molecule has 3 N–H and O–H groups in total. The van der Waals surface area contributed by atoms with Crippen molar-refractivity contribution in [2.45, 2.75) is 0 Å². The van der Waals surface area contributed by atoms with E-state index < -0.39 is 17.3 Å². The van der Waals surface area contributed by atoms with Crippen LogP contribution in [-0.4, -0.2) is 22.0 Å². The minimum absolute atomic E-state index is 0.0410. The number of pyridine rings is 2. The molecule has 1 amide bonds. The average Bonchev–Trinajstić information content (AvgIpc) is 2.71. The van der Waals surface area contributed by atoms with Crippen LogP contribution in [0.3, 0.4) is 0 Å². The zero-order valence-corrected chi connectivity index (χ0v) is 15.5. The van der Waals surface area contributed by atoms with Crippen LogP contribution in [0.15, 0.2) is 53.6 Å². The average molecular weight is 414 g/mol. The van der Waals surface area contributed by atoms with E-state index in [9.17, 15) is 14.0 Å². The number of hydrogen-bond donors (Lipinski definition) is 2. The summed E-state index contributed by atoms with van der Waals surface area (Å²) in [4.78, 5) is 27.9. The van der Waals surface area contributed by atoms with Crippen LogP contribution in [0.25, 0.3) is 5.69 Å². The molecule has 146 valence electrons. The van der Waals surface area contributed by atoms with Gasteiger partial charge in [0.15, 0.2) is 17.3 Å². The Labute approximate surface area is 168 Å². The van der Waals surface area contributed by atoms with Gasteiger partial charge in [0.25, 0.3) is 11.5 Å². The minimum Gasteiger partial charge on any atom is -0.453 e. The van der Waals surface area contributed by atoms with Crippen molar-refractivity contribution in [1.82, 2.24) is 14.9 Å². The Morgan fingerprint density at radius 2 is 2.10 bits per heavy atom. The summed E-state index contributed by atoms with van der Waals surface area (Å²) in [6.45, 7) is -0.180. The Bertz CT molecular complexity index is 1190. The second-order valence-corrected chi connectivity index (χ2v) is 6.07. The fourth-order valence-corrected chi connectivity index (χ4v) is 2.56. The number of ether oxygens (including phenoxy) is 1. The van der Waals surface area contributed by atoms with Crippen LogP contribution in [0.1, 0.15) is 10.4 Å². The van der Waals surface area contributed by atoms with Gasteiger partial charge in [0, 0.05) is 30.6 Å². The van der Waals surface area contributed by atoms with E-state index in [0.717, 1.165) is 10.6 Å². The van der Waals surface area contributed by atoms with E-state index in [-0.39, 0.29) is 40.1 Å². The highest BCUT2D eigenvalue weighted by Crippen LogP contribution is 2.33. The zero-order valence-electron chi connectivity index (χ0n) is 14.7. The van der Waals surface area contributed by atoms with E-state index in [1.807, 2.05) is 0 Å². The molecule has 3 rings (SSSR count). The second kappa shape index (κ2) is 8.41. The van der Waals surface area contributed by atoms with Gasteiger partial charge in [-0.3, -0.25) is 14.2 Å². The van der Waals surface area contributed by atoms with Gasteiger partial charge < -0.3 is 15.8 Å². The smallest absolute Gasteiger partial charge is 0.255 e. The molecular formula is C19H13ClFN5O3. The largest absolute Gasteiger partial charge is 0.453 e. The fourth-order valence-electron chi connectivity index (χ4n) is 2.41. The van der Waals surface area contributed by atoms with Gasteiger partial charge in [0.1, 0.15) is 17.4 Å². The highest BCUT2D eigenvalue weighted by molar-refractivity contribution is 6.34. The van der Waals surface area contributed by atoms with Gasteiger partial charge in [-0.05, 0) is 18.2 Å². The van der Waals surface area contributed by atoms with Crippen LogP contribution >= 0.6 is 11.6 Å². The third-order valence-electron chi connectivity index (χ3n) is 3.80. The zero-order chi connectivity index (χ0) is 21.0. The number of nitrogens with zero attached hydrogens (tertiary/aromatic N) is 3. The van der Waals surface area contributed by atoms with E-state index in [2.05, 4.69) is 10.3 Å². The summed E-state index contributed by atoms with van der Waals surface area (Å²) < 4.78 is 21.1. The van der Waals surface area contributed by atoms with Gasteiger partial charge >= 0.3 is 0 Å². The molecule has 0 unspecified atom stereocenters. The van der Waals surface area contributed by atoms with E-state index in [0.29, 0.717) is 0 Å². The number of nitrogens with two attached hydrogens (primary N) is 1. The molecule has 8 nitrogen and oxygen atoms in total. The standard InChI is InChI=1S/C19H13ClFN5O3/c20-17-15(5-7-24-18(17)23)29-14-3-2-12(9-13(14)21)26-10-11(1-4-16(26)27)19(28)25-8-6-22/h1-5,7,9-10H,8H2,(H2,23,24)(H,25,28). The number of aromatic nitrogens is 2. The first-order valence-electron chi connectivity index (χ1n) is 8.16. The van der Waals surface area contributed by atoms with Crippen molar-refractivity contribution in [3.05, 3.63) is 75.5 Å². The van der Waals surface area contributed by atoms with Crippen LogP contribution in [0.4, 0.5) is 10.2 Å². The first-order chi connectivity index (χ1) is 13.9. The monoisotopic (exact) mass is 413 g/mol. The summed E-state index contributed by atoms with van der Waals surface area (Å²) in [5.41, 5.74) is 5.43. The lowest BCUT2D eigenvalue weighted by Crippen LogP contribution is -2.26. The predicted molar refractivity (Wildman–Crippen MR) is 104 cm³/mol. The maximum absolute atomic E-state index is 14.6. The Morgan fingerprint density at radius 3 is 2.83 bits per heavy atom. The van der Waals surface area contributed by atoms with Crippen LogP contribution in [-0.2, 0) is 0 Å². The summed E-state index contributed by atoms with van der Waals surface area (Å²) in [7, 11) is 0. The first kappa shape index (κ1) is 19.9. The highest BCUT2D eigenvalue weighted by Gasteiger charge is 2.13. The van der Waals surface area contributed by atoms with Gasteiger partial charge in [-0.2, -0.15) is 5.26 Å². The quantitative estimate of drug-likeness (QED) is 0.620. The number of hydrogen-bond acceptors (Lipinski definition) is 6. The molecule has 1 aromatic carbocycles. The number of amides is 1. The first-order valence-corrected chi connectivity index (χ1v) is 8.54. The van der Waals surface area contributed by atoms with Gasteiger partial charge in [0.2, 0.25) is 0 Å². The summed E-state index contributed by atoms with van der Waals surface area (Å²) in [5.74, 6) is -1.28. The number of carbonyl (C=O) groups excluding carboxylic acids is 1. The molecule has 29 heavy (non-hydrogen) atoms. The molecule has 0 spiro atoms. The molecule has 0 bridgehead atoms. The Morgan fingerprint density at radius 1 is 1.31 bits per heavy atom. The lowest BCUT2D eigenvalue weighted by molar-refractivity contribution is 0.0958. The van der Waals surface area contributed by atoms with Gasteiger partial charge in [-0.15, -0.1) is 0 Å². The molecule has 2 aromatic heterocycles. The molecule has 0 saturated carbocycles. The Kier molecular flexibility index (Phi) is 5.76. The second-order valence-electron chi connectivity index (χ2n) is 5.69. The van der Waals surface area contributed by atoms with Crippen LogP contribution in [0, 0.1) is 17.1 Å². The van der Waals surface area contributed by atoms with Crippen molar-refractivity contribution in [3.8, 4) is 23.3 Å². The predicted octanol–water partition coefficient (Wildman–Crippen LogP) is 2.65. The normalized spacial score (nSPS) is 10.2. The maximum atomic E-state index is 14.6. The molecule has 10 heteroatoms. The molecule has 3 aromatic rings. The molecule has 0 atom stereocenters. The van der Waals surface area contributed by atoms with E-state index in [1.54, 1.807) is 6.07 Å². The van der Waals surface area contributed by atoms with Crippen molar-refractivity contribution < 1.29 is 13.9 Å². The van der Waals surface area contributed by atoms with E-state index in [4.69, 9.17) is 27.3 Å². The number of anilines is 1. The number of nitrogen functional groups attached to an aromatic ring is 1. The summed E-state index contributed by atoms with van der Waals surface area (Å²) in [5, 5.41) is 11.0. The minimum atomic E-state index is -0.764. The molecule has 0 saturated heterocycles. The number of carbonyl (C=O) groups is 1. The van der Waals surface area contributed by atoms with Crippen molar-refractivity contribution in [3.63, 3.8) is 0 Å². The Balaban J connectivity index is 1.92. The van der Waals surface area contributed by atoms with Crippen LogP contribution in [0.2, 0.25) is 5.02 Å². The van der Waals surface area contributed by atoms with Crippen LogP contribution < -0.4 is 21.3 Å². The highest BCUT2D eigenvalue weighted by atomic mass is 35.5. The summed E-state index contributed by atoms with van der Waals surface area (Å²) >= 11 is 5.99. The van der Waals surface area contributed by atoms with Gasteiger partial charge in [-0.25, -0.2) is 9.37 Å². The van der Waals surface area contributed by atoms with Crippen molar-refractivity contribution in [2.24, 2.45) is 0 Å². The van der Waals surface area contributed by atoms with Gasteiger partial charge in [-0.1, -0.05) is 11.6 Å². The lowest BCUT2D eigenvalue weighted by Gasteiger charge is -2.12. The van der Waals surface area contributed by atoms with Gasteiger partial charge in [0.05, 0.1) is 17.3 Å². The van der Waals surface area contributed by atoms with Crippen molar-refractivity contribution in [1.29, 1.82) is 5.26 Å². The maximum Gasteiger partial charge on any atom is 0.255 e. The molecular weight excluding hydrogens is 401 g/mol. The molecule has 0 aliphatic heterocycles. The number of benzene rings is 1. The van der Waals surface area contributed by atoms with E-state index >= 15 is 0 Å². The molecule has 0 radical (unpaired) electrons. The molecule has 2 heterocycles. The fraction of sp³-hybridized carbons (Fsp3) is 0.0526. The SMILES string of the molecule is N#CCNC(=O)c1ccc(=O)n(-c2ccc(Oc3ccnc(N)c3Cl)c(F)c2)c1. The number of rotatable bonds is 5. The van der Waals surface area contributed by atoms with Crippen molar-refractivity contribution >= 4 is 23.3 Å². The number of halogens is 2. The lowest BCUT2D eigenvalue weighted by atomic mass is 10.2. The van der Waals surface area contributed by atoms with Crippen LogP contribution in [0.5, 0.6) is 11.5 Å². The Hall–Kier alpha value is -3.90. The van der Waals surface area contributed by atoms with E-state index in [1.165, 1.54) is 42.7 Å². The topological polar surface area (TPSA) is 123 Å². The van der Waals surface area contributed by atoms with Crippen molar-refractivity contribution in [2.75, 3.05) is 12.3 Å². The third kappa shape index (κ3) is 4.34. The summed E-state index contributed by atoms with van der Waals surface area (Å²) in [6.07, 6.45) is 2.62. The number of nitrogens with one attached hydrogen (secondary N) is 1. The third-order valence-corrected chi connectivity index (χ3v) is 4.18.